The number of anilines is 1. The van der Waals surface area contributed by atoms with Gasteiger partial charge in [-0.25, -0.2) is 0 Å². The highest BCUT2D eigenvalue weighted by Crippen LogP contribution is 2.26. The Bertz CT molecular complexity index is 418. The zero-order valence-corrected chi connectivity index (χ0v) is 10.8. The van der Waals surface area contributed by atoms with Gasteiger partial charge in [0.1, 0.15) is 5.75 Å². The summed E-state index contributed by atoms with van der Waals surface area (Å²) >= 11 is 5.66. The van der Waals surface area contributed by atoms with Crippen molar-refractivity contribution in [3.8, 4) is 5.75 Å². The molecule has 2 N–H and O–H groups in total. The summed E-state index contributed by atoms with van der Waals surface area (Å²) in [5.74, 6) is -0.242. The summed E-state index contributed by atoms with van der Waals surface area (Å²) in [5, 5.41) is 12.3. The van der Waals surface area contributed by atoms with E-state index < -0.39 is 5.60 Å². The second-order valence-electron chi connectivity index (χ2n) is 4.35. The first-order valence-corrected chi connectivity index (χ1v) is 5.55. The van der Waals surface area contributed by atoms with Crippen molar-refractivity contribution in [3.05, 3.63) is 23.2 Å². The lowest BCUT2D eigenvalue weighted by Gasteiger charge is -2.21. The molecule has 4 nitrogen and oxygen atoms in total. The highest BCUT2D eigenvalue weighted by molar-refractivity contribution is 6.32. The fourth-order valence-electron chi connectivity index (χ4n) is 1.25. The van der Waals surface area contributed by atoms with Gasteiger partial charge in [-0.1, -0.05) is 11.6 Å². The van der Waals surface area contributed by atoms with Gasteiger partial charge in [-0.05, 0) is 26.0 Å². The number of phenols is 1. The highest BCUT2D eigenvalue weighted by Gasteiger charge is 2.21. The lowest BCUT2D eigenvalue weighted by atomic mass is 10.0. The molecule has 17 heavy (non-hydrogen) atoms. The second-order valence-corrected chi connectivity index (χ2v) is 4.76. The first-order chi connectivity index (χ1) is 7.84. The van der Waals surface area contributed by atoms with E-state index in [0.717, 1.165) is 0 Å². The largest absolute Gasteiger partial charge is 0.506 e. The summed E-state index contributed by atoms with van der Waals surface area (Å²) in [7, 11) is 1.56. The SMILES string of the molecule is COC(C)(C)CC(=O)Nc1ccc(Cl)c(O)c1. The van der Waals surface area contributed by atoms with Gasteiger partial charge in [-0.3, -0.25) is 4.79 Å². The summed E-state index contributed by atoms with van der Waals surface area (Å²) in [6, 6.07) is 4.55. The molecule has 0 saturated heterocycles. The number of aromatic hydroxyl groups is 1. The van der Waals surface area contributed by atoms with Crippen LogP contribution in [0.1, 0.15) is 20.3 Å². The fraction of sp³-hybridized carbons (Fsp3) is 0.417. The Morgan fingerprint density at radius 3 is 2.71 bits per heavy atom. The number of hydrogen-bond donors (Lipinski definition) is 2. The number of carbonyl (C=O) groups excluding carboxylic acids is 1. The van der Waals surface area contributed by atoms with Crippen molar-refractivity contribution in [2.45, 2.75) is 25.9 Å². The van der Waals surface area contributed by atoms with Crippen LogP contribution in [0.2, 0.25) is 5.02 Å². The molecule has 1 amide bonds. The molecule has 1 rings (SSSR count). The quantitative estimate of drug-likeness (QED) is 0.872. The fourth-order valence-corrected chi connectivity index (χ4v) is 1.37. The molecule has 0 aromatic heterocycles. The smallest absolute Gasteiger partial charge is 0.227 e. The molecule has 0 aliphatic heterocycles. The van der Waals surface area contributed by atoms with Gasteiger partial charge >= 0.3 is 0 Å². The molecule has 1 aromatic rings. The van der Waals surface area contributed by atoms with E-state index in [1.165, 1.54) is 12.1 Å². The molecular formula is C12H16ClNO3. The van der Waals surface area contributed by atoms with Crippen LogP contribution in [0, 0.1) is 0 Å². The third-order valence-electron chi connectivity index (χ3n) is 2.37. The maximum absolute atomic E-state index is 11.7. The minimum atomic E-state index is -0.515. The number of nitrogens with one attached hydrogen (secondary N) is 1. The lowest BCUT2D eigenvalue weighted by molar-refractivity contribution is -0.121. The minimum absolute atomic E-state index is 0.0598. The Morgan fingerprint density at radius 2 is 2.18 bits per heavy atom. The number of halogens is 1. The molecule has 0 radical (unpaired) electrons. The average Bonchev–Trinajstić information content (AvgIpc) is 2.23. The number of benzene rings is 1. The van der Waals surface area contributed by atoms with Crippen molar-refractivity contribution in [2.24, 2.45) is 0 Å². The number of rotatable bonds is 4. The van der Waals surface area contributed by atoms with Crippen LogP contribution in [0.15, 0.2) is 18.2 Å². The van der Waals surface area contributed by atoms with Gasteiger partial charge in [0.25, 0.3) is 0 Å². The number of phenolic OH excluding ortho intramolecular Hbond substituents is 1. The molecule has 94 valence electrons. The van der Waals surface area contributed by atoms with Crippen molar-refractivity contribution in [1.82, 2.24) is 0 Å². The third kappa shape index (κ3) is 4.24. The second kappa shape index (κ2) is 5.38. The molecule has 5 heteroatoms. The van der Waals surface area contributed by atoms with E-state index in [4.69, 9.17) is 16.3 Å². The molecule has 0 saturated carbocycles. The maximum Gasteiger partial charge on any atom is 0.227 e. The van der Waals surface area contributed by atoms with Gasteiger partial charge in [0, 0.05) is 18.9 Å². The maximum atomic E-state index is 11.7. The molecular weight excluding hydrogens is 242 g/mol. The molecule has 1 aromatic carbocycles. The molecule has 0 spiro atoms. The van der Waals surface area contributed by atoms with E-state index >= 15 is 0 Å². The van der Waals surface area contributed by atoms with Crippen molar-refractivity contribution in [3.63, 3.8) is 0 Å². The van der Waals surface area contributed by atoms with Crippen LogP contribution >= 0.6 is 11.6 Å². The zero-order valence-electron chi connectivity index (χ0n) is 10.1. The minimum Gasteiger partial charge on any atom is -0.506 e. The average molecular weight is 258 g/mol. The standard InChI is InChI=1S/C12H16ClNO3/c1-12(2,17-3)7-11(16)14-8-4-5-9(13)10(15)6-8/h4-6,15H,7H2,1-3H3,(H,14,16). The molecule has 0 aliphatic rings. The Balaban J connectivity index is 2.65. The predicted octanol–water partition coefficient (Wildman–Crippen LogP) is 2.80. The van der Waals surface area contributed by atoms with Crippen LogP contribution in [0.3, 0.4) is 0 Å². The van der Waals surface area contributed by atoms with Gasteiger partial charge in [0.15, 0.2) is 0 Å². The topological polar surface area (TPSA) is 58.6 Å². The van der Waals surface area contributed by atoms with Gasteiger partial charge < -0.3 is 15.2 Å². The van der Waals surface area contributed by atoms with Crippen LogP contribution in [-0.2, 0) is 9.53 Å². The molecule has 0 unspecified atom stereocenters. The van der Waals surface area contributed by atoms with Crippen LogP contribution < -0.4 is 5.32 Å². The first kappa shape index (κ1) is 13.8. The molecule has 0 aliphatic carbocycles. The van der Waals surface area contributed by atoms with Crippen LogP contribution in [0.4, 0.5) is 5.69 Å². The number of amides is 1. The Hall–Kier alpha value is -1.26. The van der Waals surface area contributed by atoms with Crippen LogP contribution in [0.5, 0.6) is 5.75 Å². The lowest BCUT2D eigenvalue weighted by Crippen LogP contribution is -2.29. The van der Waals surface area contributed by atoms with E-state index in [1.54, 1.807) is 13.2 Å². The molecule has 0 heterocycles. The predicted molar refractivity (Wildman–Crippen MR) is 67.5 cm³/mol. The molecule has 0 bridgehead atoms. The van der Waals surface area contributed by atoms with Crippen LogP contribution in [-0.4, -0.2) is 23.7 Å². The Labute approximate surface area is 106 Å². The van der Waals surface area contributed by atoms with E-state index in [0.29, 0.717) is 5.69 Å². The van der Waals surface area contributed by atoms with E-state index in [-0.39, 0.29) is 23.1 Å². The number of methoxy groups -OCH3 is 1. The van der Waals surface area contributed by atoms with Gasteiger partial charge in [-0.15, -0.1) is 0 Å². The van der Waals surface area contributed by atoms with Crippen molar-refractivity contribution in [2.75, 3.05) is 12.4 Å². The number of carbonyl (C=O) groups is 1. The van der Waals surface area contributed by atoms with Crippen molar-refractivity contribution in [1.29, 1.82) is 0 Å². The van der Waals surface area contributed by atoms with Crippen molar-refractivity contribution < 1.29 is 14.6 Å². The number of ether oxygens (including phenoxy) is 1. The summed E-state index contributed by atoms with van der Waals surface area (Å²) < 4.78 is 5.16. The number of hydrogen-bond acceptors (Lipinski definition) is 3. The van der Waals surface area contributed by atoms with Crippen LogP contribution in [0.25, 0.3) is 0 Å². The summed E-state index contributed by atoms with van der Waals surface area (Å²) in [6.45, 7) is 3.65. The third-order valence-corrected chi connectivity index (χ3v) is 2.69. The summed E-state index contributed by atoms with van der Waals surface area (Å²) in [4.78, 5) is 11.7. The first-order valence-electron chi connectivity index (χ1n) is 5.17. The Morgan fingerprint density at radius 1 is 1.53 bits per heavy atom. The Kier molecular flexibility index (Phi) is 4.37. The normalized spacial score (nSPS) is 11.3. The van der Waals surface area contributed by atoms with E-state index in [9.17, 15) is 9.90 Å². The highest BCUT2D eigenvalue weighted by atomic mass is 35.5. The van der Waals surface area contributed by atoms with E-state index in [2.05, 4.69) is 5.32 Å². The van der Waals surface area contributed by atoms with Gasteiger partial charge in [0.2, 0.25) is 5.91 Å². The molecule has 0 atom stereocenters. The van der Waals surface area contributed by atoms with Gasteiger partial charge in [0.05, 0.1) is 17.0 Å². The molecule has 0 fully saturated rings. The monoisotopic (exact) mass is 257 g/mol. The van der Waals surface area contributed by atoms with Gasteiger partial charge in [-0.2, -0.15) is 0 Å². The zero-order chi connectivity index (χ0) is 13.1. The van der Waals surface area contributed by atoms with Crippen molar-refractivity contribution >= 4 is 23.2 Å². The van der Waals surface area contributed by atoms with E-state index in [1.807, 2.05) is 13.8 Å². The summed E-state index contributed by atoms with van der Waals surface area (Å²) in [5.41, 5.74) is -0.0118. The summed E-state index contributed by atoms with van der Waals surface area (Å²) in [6.07, 6.45) is 0.229.